The van der Waals surface area contributed by atoms with Crippen LogP contribution in [-0.2, 0) is 19.2 Å². The van der Waals surface area contributed by atoms with Crippen LogP contribution in [0.1, 0.15) is 6.92 Å². The smallest absolute Gasteiger partial charge is 0.272 e. The second-order valence-electron chi connectivity index (χ2n) is 4.42. The van der Waals surface area contributed by atoms with Gasteiger partial charge in [0.1, 0.15) is 0 Å². The molecule has 0 aromatic heterocycles. The molecule has 19 heavy (non-hydrogen) atoms. The van der Waals surface area contributed by atoms with Crippen molar-refractivity contribution in [3.8, 4) is 0 Å². The first-order chi connectivity index (χ1) is 8.67. The summed E-state index contributed by atoms with van der Waals surface area (Å²) in [5.41, 5.74) is 15.3. The highest BCUT2D eigenvalue weighted by molar-refractivity contribution is 5.79. The van der Waals surface area contributed by atoms with Crippen LogP contribution in [0.5, 0.6) is 0 Å². The number of nitrogens with two attached hydrogens (primary N) is 3. The molecule has 0 aromatic rings. The zero-order chi connectivity index (χ0) is 15.1. The van der Waals surface area contributed by atoms with Gasteiger partial charge in [0.15, 0.2) is 19.6 Å². The van der Waals surface area contributed by atoms with Crippen LogP contribution >= 0.6 is 0 Å². The molecule has 4 amide bonds. The molecule has 0 spiro atoms. The van der Waals surface area contributed by atoms with Crippen molar-refractivity contribution in [2.75, 3.05) is 32.7 Å². The van der Waals surface area contributed by atoms with Crippen molar-refractivity contribution in [3.63, 3.8) is 0 Å². The summed E-state index contributed by atoms with van der Waals surface area (Å²) >= 11 is 0. The molecule has 0 aliphatic heterocycles. The van der Waals surface area contributed by atoms with Gasteiger partial charge in [-0.1, -0.05) is 0 Å². The fraction of sp³-hybridized carbons (Fsp3) is 0.600. The number of hydrogen-bond acceptors (Lipinski definition) is 4. The average molecular weight is 274 g/mol. The van der Waals surface area contributed by atoms with Crippen LogP contribution in [0.2, 0.25) is 0 Å². The monoisotopic (exact) mass is 274 g/mol. The van der Waals surface area contributed by atoms with Gasteiger partial charge in [-0.25, -0.2) is 0 Å². The predicted octanol–water partition coefficient (Wildman–Crippen LogP) is -3.60. The second-order valence-corrected chi connectivity index (χ2v) is 4.42. The van der Waals surface area contributed by atoms with Gasteiger partial charge in [-0.05, 0) is 0 Å². The van der Waals surface area contributed by atoms with Crippen molar-refractivity contribution in [2.24, 2.45) is 17.2 Å². The molecular formula is C10H20N5O4+. The van der Waals surface area contributed by atoms with Crippen molar-refractivity contribution in [2.45, 2.75) is 6.92 Å². The van der Waals surface area contributed by atoms with E-state index in [0.717, 1.165) is 0 Å². The Kier molecular flexibility index (Phi) is 6.48. The lowest BCUT2D eigenvalue weighted by molar-refractivity contribution is -0.904. The van der Waals surface area contributed by atoms with E-state index in [4.69, 9.17) is 17.2 Å². The Morgan fingerprint density at radius 1 is 0.895 bits per heavy atom. The maximum atomic E-state index is 11.1. The summed E-state index contributed by atoms with van der Waals surface area (Å²) in [5, 5.41) is 2.51. The minimum atomic E-state index is -0.690. The Morgan fingerprint density at radius 3 is 1.53 bits per heavy atom. The van der Waals surface area contributed by atoms with Gasteiger partial charge in [0, 0.05) is 6.92 Å². The highest BCUT2D eigenvalue weighted by atomic mass is 16.2. The molecule has 0 aliphatic rings. The Hall–Kier alpha value is -2.16. The van der Waals surface area contributed by atoms with Crippen molar-refractivity contribution < 1.29 is 23.7 Å². The minimum absolute atomic E-state index is 0.147. The largest absolute Gasteiger partial charge is 0.365 e. The molecule has 9 heteroatoms. The van der Waals surface area contributed by atoms with Gasteiger partial charge in [0.25, 0.3) is 17.7 Å². The van der Waals surface area contributed by atoms with E-state index < -0.39 is 17.7 Å². The first-order valence-electron chi connectivity index (χ1n) is 5.61. The average Bonchev–Trinajstić information content (AvgIpc) is 2.12. The van der Waals surface area contributed by atoms with Gasteiger partial charge in [0.05, 0.1) is 13.1 Å². The van der Waals surface area contributed by atoms with E-state index in [2.05, 4.69) is 5.32 Å². The molecule has 0 saturated heterocycles. The number of quaternary nitrogens is 1. The second kappa shape index (κ2) is 7.31. The molecule has 0 unspecified atom stereocenters. The van der Waals surface area contributed by atoms with Crippen LogP contribution in [-0.4, -0.2) is 60.8 Å². The molecule has 0 aliphatic carbocycles. The molecule has 0 fully saturated rings. The summed E-state index contributed by atoms with van der Waals surface area (Å²) in [6.45, 7) is 0.866. The number of nitrogens with one attached hydrogen (secondary N) is 1. The zero-order valence-corrected chi connectivity index (χ0v) is 10.8. The third-order valence-corrected chi connectivity index (χ3v) is 2.43. The van der Waals surface area contributed by atoms with Gasteiger partial charge < -0.3 is 22.5 Å². The third-order valence-electron chi connectivity index (χ3n) is 2.43. The molecular weight excluding hydrogens is 254 g/mol. The highest BCUT2D eigenvalue weighted by Gasteiger charge is 2.33. The summed E-state index contributed by atoms with van der Waals surface area (Å²) < 4.78 is -0.291. The molecule has 7 N–H and O–H groups in total. The quantitative estimate of drug-likeness (QED) is 0.320. The van der Waals surface area contributed by atoms with E-state index in [1.54, 1.807) is 0 Å². The molecule has 9 nitrogen and oxygen atoms in total. The lowest BCUT2D eigenvalue weighted by Gasteiger charge is -2.35. The Bertz CT molecular complexity index is 341. The van der Waals surface area contributed by atoms with Crippen molar-refractivity contribution in [3.05, 3.63) is 0 Å². The molecule has 0 atom stereocenters. The number of carbonyl (C=O) groups is 4. The van der Waals surface area contributed by atoms with Gasteiger partial charge in [-0.15, -0.1) is 0 Å². The van der Waals surface area contributed by atoms with E-state index in [-0.39, 0.29) is 43.1 Å². The summed E-state index contributed by atoms with van der Waals surface area (Å²) in [6, 6.07) is 0. The van der Waals surface area contributed by atoms with Crippen LogP contribution in [0.15, 0.2) is 0 Å². The zero-order valence-electron chi connectivity index (χ0n) is 10.8. The number of primary amides is 3. The van der Waals surface area contributed by atoms with Gasteiger partial charge >= 0.3 is 0 Å². The van der Waals surface area contributed by atoms with E-state index in [0.29, 0.717) is 0 Å². The van der Waals surface area contributed by atoms with Gasteiger partial charge in [0.2, 0.25) is 5.91 Å². The summed E-state index contributed by atoms with van der Waals surface area (Å²) in [4.78, 5) is 44.1. The molecule has 108 valence electrons. The fourth-order valence-electron chi connectivity index (χ4n) is 1.87. The normalized spacial score (nSPS) is 10.8. The SMILES string of the molecule is CC(=O)NCC[N+](CC(N)=O)(CC(N)=O)CC(N)=O. The van der Waals surface area contributed by atoms with Crippen LogP contribution in [0.3, 0.4) is 0 Å². The molecule has 0 heterocycles. The summed E-state index contributed by atoms with van der Waals surface area (Å²) in [5.74, 6) is -2.34. The molecule has 0 radical (unpaired) electrons. The van der Waals surface area contributed by atoms with Crippen molar-refractivity contribution >= 4 is 23.6 Å². The molecule has 0 rings (SSSR count). The van der Waals surface area contributed by atoms with E-state index in [1.807, 2.05) is 0 Å². The van der Waals surface area contributed by atoms with Crippen LogP contribution in [0, 0.1) is 0 Å². The fourth-order valence-corrected chi connectivity index (χ4v) is 1.87. The Labute approximate surface area is 110 Å². The first kappa shape index (κ1) is 16.8. The maximum absolute atomic E-state index is 11.1. The number of rotatable bonds is 9. The topological polar surface area (TPSA) is 158 Å². The van der Waals surface area contributed by atoms with Crippen LogP contribution in [0.25, 0.3) is 0 Å². The number of hydrogen-bond donors (Lipinski definition) is 4. The lowest BCUT2D eigenvalue weighted by Crippen LogP contribution is -2.61. The van der Waals surface area contributed by atoms with Crippen molar-refractivity contribution in [1.82, 2.24) is 5.32 Å². The van der Waals surface area contributed by atoms with Crippen LogP contribution in [0.4, 0.5) is 0 Å². The standard InChI is InChI=1S/C10H19N5O4/c1-7(16)14-2-3-15(4-8(11)17,5-9(12)18)6-10(13)19/h2-6H2,1H3,(H6-,11,12,13,14,16,17,18,19)/p+1. The minimum Gasteiger partial charge on any atom is -0.365 e. The summed E-state index contributed by atoms with van der Waals surface area (Å²) in [7, 11) is 0. The lowest BCUT2D eigenvalue weighted by atomic mass is 10.2. The number of nitrogens with zero attached hydrogens (tertiary/aromatic N) is 1. The summed E-state index contributed by atoms with van der Waals surface area (Å²) in [6.07, 6.45) is 0. The molecule has 0 bridgehead atoms. The van der Waals surface area contributed by atoms with E-state index >= 15 is 0 Å². The number of carbonyl (C=O) groups excluding carboxylic acids is 4. The third kappa shape index (κ3) is 7.71. The van der Waals surface area contributed by atoms with Gasteiger partial charge in [-0.2, -0.15) is 0 Å². The molecule has 0 saturated carbocycles. The Balaban J connectivity index is 4.97. The number of amides is 4. The van der Waals surface area contributed by atoms with Crippen molar-refractivity contribution in [1.29, 1.82) is 0 Å². The Morgan fingerprint density at radius 2 is 1.26 bits per heavy atom. The first-order valence-corrected chi connectivity index (χ1v) is 5.61. The van der Waals surface area contributed by atoms with Crippen LogP contribution < -0.4 is 22.5 Å². The maximum Gasteiger partial charge on any atom is 0.272 e. The van der Waals surface area contributed by atoms with Gasteiger partial charge in [-0.3, -0.25) is 23.7 Å². The predicted molar refractivity (Wildman–Crippen MR) is 66.0 cm³/mol. The van der Waals surface area contributed by atoms with E-state index in [9.17, 15) is 19.2 Å². The van der Waals surface area contributed by atoms with E-state index in [1.165, 1.54) is 6.92 Å². The molecule has 0 aromatic carbocycles. The highest BCUT2D eigenvalue weighted by Crippen LogP contribution is 2.05.